The third kappa shape index (κ3) is 3.09. The van der Waals surface area contributed by atoms with E-state index in [1.54, 1.807) is 7.11 Å². The molecule has 14 heavy (non-hydrogen) atoms. The molecule has 0 amide bonds. The number of anilines is 1. The van der Waals surface area contributed by atoms with Gasteiger partial charge in [0, 0.05) is 12.8 Å². The first-order chi connectivity index (χ1) is 6.77. The van der Waals surface area contributed by atoms with Gasteiger partial charge in [-0.1, -0.05) is 11.6 Å². The number of nitrogens with one attached hydrogen (secondary N) is 1. The molecule has 0 saturated carbocycles. The van der Waals surface area contributed by atoms with Crippen molar-refractivity contribution in [3.8, 4) is 5.75 Å². The molecule has 78 valence electrons. The Labute approximate surface area is 89.0 Å². The summed E-state index contributed by atoms with van der Waals surface area (Å²) in [7, 11) is 1.63. The molecular weight excluding hydrogens is 202 g/mol. The van der Waals surface area contributed by atoms with E-state index in [-0.39, 0.29) is 0 Å². The van der Waals surface area contributed by atoms with Crippen molar-refractivity contribution in [2.45, 2.75) is 6.92 Å². The molecule has 0 spiro atoms. The Hall–Kier alpha value is -0.930. The fourth-order valence-electron chi connectivity index (χ4n) is 1.04. The Kier molecular flexibility index (Phi) is 4.56. The van der Waals surface area contributed by atoms with E-state index >= 15 is 0 Å². The maximum atomic E-state index is 5.98. The third-order valence-electron chi connectivity index (χ3n) is 1.65. The van der Waals surface area contributed by atoms with Crippen LogP contribution in [0.1, 0.15) is 6.92 Å². The summed E-state index contributed by atoms with van der Waals surface area (Å²) in [5.41, 5.74) is 0.917. The zero-order valence-corrected chi connectivity index (χ0v) is 9.10. The summed E-state index contributed by atoms with van der Waals surface area (Å²) in [6.07, 6.45) is 0. The maximum Gasteiger partial charge on any atom is 0.138 e. The predicted octanol–water partition coefficient (Wildman–Crippen LogP) is 2.75. The van der Waals surface area contributed by atoms with Gasteiger partial charge < -0.3 is 14.8 Å². The van der Waals surface area contributed by atoms with E-state index in [0.29, 0.717) is 24.1 Å². The molecule has 1 N–H and O–H groups in total. The Morgan fingerprint density at radius 1 is 1.43 bits per heavy atom. The first-order valence-electron chi connectivity index (χ1n) is 4.43. The lowest BCUT2D eigenvalue weighted by Crippen LogP contribution is -2.03. The lowest BCUT2D eigenvalue weighted by Gasteiger charge is -2.08. The van der Waals surface area contributed by atoms with Crippen LogP contribution < -0.4 is 10.1 Å². The number of methoxy groups -OCH3 is 1. The largest absolute Gasteiger partial charge is 0.492 e. The highest BCUT2D eigenvalue weighted by atomic mass is 35.5. The van der Waals surface area contributed by atoms with E-state index in [1.807, 2.05) is 25.1 Å². The molecule has 0 aromatic heterocycles. The molecule has 0 heterocycles. The lowest BCUT2D eigenvalue weighted by molar-refractivity contribution is 0.221. The Bertz CT molecular complexity index is 291. The SMILES string of the molecule is CCOc1ccc(NCOC)cc1Cl. The minimum Gasteiger partial charge on any atom is -0.492 e. The topological polar surface area (TPSA) is 30.5 Å². The van der Waals surface area contributed by atoms with Crippen molar-refractivity contribution >= 4 is 17.3 Å². The molecule has 0 saturated heterocycles. The van der Waals surface area contributed by atoms with Gasteiger partial charge in [0.25, 0.3) is 0 Å². The standard InChI is InChI=1S/C10H14ClNO2/c1-3-14-10-5-4-8(6-9(10)11)12-7-13-2/h4-6,12H,3,7H2,1-2H3. The smallest absolute Gasteiger partial charge is 0.138 e. The van der Waals surface area contributed by atoms with Crippen LogP contribution in [0.25, 0.3) is 0 Å². The van der Waals surface area contributed by atoms with E-state index in [1.165, 1.54) is 0 Å². The van der Waals surface area contributed by atoms with Crippen LogP contribution in [0.2, 0.25) is 5.02 Å². The highest BCUT2D eigenvalue weighted by Crippen LogP contribution is 2.27. The van der Waals surface area contributed by atoms with E-state index in [4.69, 9.17) is 21.1 Å². The molecule has 0 aliphatic heterocycles. The van der Waals surface area contributed by atoms with Crippen LogP contribution in [0.15, 0.2) is 18.2 Å². The van der Waals surface area contributed by atoms with Crippen molar-refractivity contribution in [1.82, 2.24) is 0 Å². The van der Waals surface area contributed by atoms with Gasteiger partial charge in [-0.2, -0.15) is 0 Å². The molecule has 0 atom stereocenters. The van der Waals surface area contributed by atoms with Gasteiger partial charge in [-0.15, -0.1) is 0 Å². The van der Waals surface area contributed by atoms with Crippen LogP contribution in [0.4, 0.5) is 5.69 Å². The van der Waals surface area contributed by atoms with Gasteiger partial charge in [-0.05, 0) is 25.1 Å². The second-order valence-corrected chi connectivity index (χ2v) is 3.10. The van der Waals surface area contributed by atoms with Crippen molar-refractivity contribution < 1.29 is 9.47 Å². The average molecular weight is 216 g/mol. The molecule has 0 aliphatic rings. The monoisotopic (exact) mass is 215 g/mol. The van der Waals surface area contributed by atoms with Gasteiger partial charge >= 0.3 is 0 Å². The number of hydrogen-bond donors (Lipinski definition) is 1. The number of hydrogen-bond acceptors (Lipinski definition) is 3. The Morgan fingerprint density at radius 3 is 2.79 bits per heavy atom. The average Bonchev–Trinajstić information content (AvgIpc) is 2.19. The summed E-state index contributed by atoms with van der Waals surface area (Å²) in [5, 5.41) is 3.65. The minimum atomic E-state index is 0.463. The van der Waals surface area contributed by atoms with Crippen LogP contribution in [0, 0.1) is 0 Å². The van der Waals surface area contributed by atoms with Gasteiger partial charge in [-0.25, -0.2) is 0 Å². The summed E-state index contributed by atoms with van der Waals surface area (Å²) < 4.78 is 10.2. The molecule has 4 heteroatoms. The molecule has 0 fully saturated rings. The fraction of sp³-hybridized carbons (Fsp3) is 0.400. The van der Waals surface area contributed by atoms with Gasteiger partial charge in [0.15, 0.2) is 0 Å². The first-order valence-corrected chi connectivity index (χ1v) is 4.81. The van der Waals surface area contributed by atoms with Crippen molar-refractivity contribution in [2.75, 3.05) is 25.8 Å². The van der Waals surface area contributed by atoms with Crippen molar-refractivity contribution in [3.63, 3.8) is 0 Å². The van der Waals surface area contributed by atoms with E-state index < -0.39 is 0 Å². The number of ether oxygens (including phenoxy) is 2. The maximum absolute atomic E-state index is 5.98. The Balaban J connectivity index is 2.68. The first kappa shape index (κ1) is 11.1. The van der Waals surface area contributed by atoms with E-state index in [9.17, 15) is 0 Å². The van der Waals surface area contributed by atoms with Gasteiger partial charge in [0.1, 0.15) is 12.5 Å². The van der Waals surface area contributed by atoms with Gasteiger partial charge in [0.2, 0.25) is 0 Å². The molecular formula is C10H14ClNO2. The summed E-state index contributed by atoms with van der Waals surface area (Å²) in [5.74, 6) is 0.706. The number of halogens is 1. The second kappa shape index (κ2) is 5.73. The van der Waals surface area contributed by atoms with Crippen LogP contribution in [0.3, 0.4) is 0 Å². The summed E-state index contributed by atoms with van der Waals surface area (Å²) >= 11 is 5.98. The van der Waals surface area contributed by atoms with Crippen LogP contribution in [0.5, 0.6) is 5.75 Å². The zero-order valence-electron chi connectivity index (χ0n) is 8.34. The van der Waals surface area contributed by atoms with E-state index in [2.05, 4.69) is 5.32 Å². The van der Waals surface area contributed by atoms with Crippen LogP contribution >= 0.6 is 11.6 Å². The van der Waals surface area contributed by atoms with Crippen molar-refractivity contribution in [1.29, 1.82) is 0 Å². The molecule has 3 nitrogen and oxygen atoms in total. The Morgan fingerprint density at radius 2 is 2.21 bits per heavy atom. The molecule has 1 rings (SSSR count). The minimum absolute atomic E-state index is 0.463. The zero-order chi connectivity index (χ0) is 10.4. The molecule has 1 aromatic carbocycles. The lowest BCUT2D eigenvalue weighted by atomic mass is 10.3. The number of rotatable bonds is 5. The third-order valence-corrected chi connectivity index (χ3v) is 1.95. The molecule has 1 aromatic rings. The normalized spacial score (nSPS) is 9.93. The molecule has 0 unspecified atom stereocenters. The quantitative estimate of drug-likeness (QED) is 0.767. The predicted molar refractivity (Wildman–Crippen MR) is 58.1 cm³/mol. The van der Waals surface area contributed by atoms with Crippen LogP contribution in [-0.2, 0) is 4.74 Å². The number of benzene rings is 1. The van der Waals surface area contributed by atoms with Crippen LogP contribution in [-0.4, -0.2) is 20.4 Å². The van der Waals surface area contributed by atoms with Crippen molar-refractivity contribution in [2.24, 2.45) is 0 Å². The second-order valence-electron chi connectivity index (χ2n) is 2.69. The highest BCUT2D eigenvalue weighted by Gasteiger charge is 2.01. The fourth-order valence-corrected chi connectivity index (χ4v) is 1.27. The van der Waals surface area contributed by atoms with Crippen molar-refractivity contribution in [3.05, 3.63) is 23.2 Å². The molecule has 0 radical (unpaired) electrons. The summed E-state index contributed by atoms with van der Waals surface area (Å²) in [6.45, 7) is 3.00. The summed E-state index contributed by atoms with van der Waals surface area (Å²) in [6, 6.07) is 5.55. The summed E-state index contributed by atoms with van der Waals surface area (Å²) in [4.78, 5) is 0. The van der Waals surface area contributed by atoms with E-state index in [0.717, 1.165) is 5.69 Å². The van der Waals surface area contributed by atoms with Gasteiger partial charge in [-0.3, -0.25) is 0 Å². The highest BCUT2D eigenvalue weighted by molar-refractivity contribution is 6.32. The molecule has 0 bridgehead atoms. The van der Waals surface area contributed by atoms with Gasteiger partial charge in [0.05, 0.1) is 11.6 Å². The molecule has 0 aliphatic carbocycles.